The number of hydrogen-bond donors (Lipinski definition) is 1. The molecule has 0 saturated carbocycles. The van der Waals surface area contributed by atoms with Crippen LogP contribution < -0.4 is 16.2 Å². The molecule has 21 heavy (non-hydrogen) atoms. The molecule has 0 aliphatic carbocycles. The van der Waals surface area contributed by atoms with Gasteiger partial charge in [-0.1, -0.05) is 18.2 Å². The van der Waals surface area contributed by atoms with Crippen molar-refractivity contribution in [2.45, 2.75) is 25.2 Å². The van der Waals surface area contributed by atoms with Crippen LogP contribution in [0.4, 0.5) is 5.82 Å². The second kappa shape index (κ2) is 5.97. The normalized spacial score (nSPS) is 21.3. The third-order valence-electron chi connectivity index (χ3n) is 3.43. The average molecular weight is 287 g/mol. The van der Waals surface area contributed by atoms with E-state index in [1.54, 1.807) is 12.3 Å². The molecule has 1 aromatic carbocycles. The van der Waals surface area contributed by atoms with Gasteiger partial charge in [-0.3, -0.25) is 4.57 Å². The standard InChI is InChI=1S/C15H17N3O3/c16-13-8-9-18(15(19)17-13)14-7-6-12(21-14)10-20-11-4-2-1-3-5-11/h1-5,8-9,12,14H,6-7,10H2,(H2,16,17,19)/t12-,14+/m0/s1. The van der Waals surface area contributed by atoms with E-state index in [1.165, 1.54) is 4.57 Å². The maximum atomic E-state index is 11.8. The third kappa shape index (κ3) is 3.22. The number of hydrogen-bond acceptors (Lipinski definition) is 5. The highest BCUT2D eigenvalue weighted by atomic mass is 16.6. The van der Waals surface area contributed by atoms with Crippen LogP contribution in [0.3, 0.4) is 0 Å². The fourth-order valence-electron chi connectivity index (χ4n) is 2.36. The molecule has 0 unspecified atom stereocenters. The van der Waals surface area contributed by atoms with Gasteiger partial charge in [0.15, 0.2) is 0 Å². The Labute approximate surface area is 122 Å². The Balaban J connectivity index is 1.59. The second-order valence-corrected chi connectivity index (χ2v) is 4.96. The van der Waals surface area contributed by atoms with Crippen LogP contribution in [0.15, 0.2) is 47.4 Å². The van der Waals surface area contributed by atoms with E-state index in [0.717, 1.165) is 18.6 Å². The lowest BCUT2D eigenvalue weighted by molar-refractivity contribution is -0.0198. The molecular weight excluding hydrogens is 270 g/mol. The summed E-state index contributed by atoms with van der Waals surface area (Å²) in [7, 11) is 0. The smallest absolute Gasteiger partial charge is 0.351 e. The summed E-state index contributed by atoms with van der Waals surface area (Å²) in [4.78, 5) is 15.5. The van der Waals surface area contributed by atoms with E-state index < -0.39 is 0 Å². The van der Waals surface area contributed by atoms with Crippen molar-refractivity contribution in [3.05, 3.63) is 53.1 Å². The van der Waals surface area contributed by atoms with Gasteiger partial charge < -0.3 is 15.2 Å². The number of nitrogen functional groups attached to an aromatic ring is 1. The molecule has 2 aromatic rings. The predicted molar refractivity (Wildman–Crippen MR) is 78.0 cm³/mol. The first kappa shape index (κ1) is 13.6. The Morgan fingerprint density at radius 3 is 2.86 bits per heavy atom. The summed E-state index contributed by atoms with van der Waals surface area (Å²) in [6.07, 6.45) is 2.90. The topological polar surface area (TPSA) is 79.4 Å². The first-order valence-corrected chi connectivity index (χ1v) is 6.90. The Kier molecular flexibility index (Phi) is 3.87. The lowest BCUT2D eigenvalue weighted by Crippen LogP contribution is -2.28. The SMILES string of the molecule is Nc1ccn([C@H]2CC[C@@H](COc3ccccc3)O2)c(=O)n1. The van der Waals surface area contributed by atoms with Gasteiger partial charge >= 0.3 is 5.69 Å². The summed E-state index contributed by atoms with van der Waals surface area (Å²) in [5.41, 5.74) is 5.10. The van der Waals surface area contributed by atoms with Crippen molar-refractivity contribution in [1.82, 2.24) is 9.55 Å². The van der Waals surface area contributed by atoms with Crippen LogP contribution in [0, 0.1) is 0 Å². The van der Waals surface area contributed by atoms with Crippen molar-refractivity contribution < 1.29 is 9.47 Å². The van der Waals surface area contributed by atoms with E-state index in [-0.39, 0.29) is 23.8 Å². The molecule has 0 bridgehead atoms. The molecule has 1 aromatic heterocycles. The Morgan fingerprint density at radius 2 is 2.10 bits per heavy atom. The van der Waals surface area contributed by atoms with Gasteiger partial charge in [0.25, 0.3) is 0 Å². The fraction of sp³-hybridized carbons (Fsp3) is 0.333. The number of rotatable bonds is 4. The summed E-state index contributed by atoms with van der Waals surface area (Å²) in [6.45, 7) is 0.470. The van der Waals surface area contributed by atoms with Crippen LogP contribution in [-0.2, 0) is 4.74 Å². The minimum atomic E-state index is -0.385. The zero-order valence-corrected chi connectivity index (χ0v) is 11.5. The highest BCUT2D eigenvalue weighted by Crippen LogP contribution is 2.27. The molecule has 1 aliphatic heterocycles. The van der Waals surface area contributed by atoms with Crippen molar-refractivity contribution >= 4 is 5.82 Å². The molecule has 0 spiro atoms. The molecule has 0 amide bonds. The number of aromatic nitrogens is 2. The predicted octanol–water partition coefficient (Wildman–Crippen LogP) is 1.58. The van der Waals surface area contributed by atoms with E-state index in [2.05, 4.69) is 4.98 Å². The average Bonchev–Trinajstić information content (AvgIpc) is 2.95. The van der Waals surface area contributed by atoms with E-state index in [0.29, 0.717) is 6.61 Å². The number of ether oxygens (including phenoxy) is 2. The van der Waals surface area contributed by atoms with Crippen molar-refractivity contribution in [2.75, 3.05) is 12.3 Å². The van der Waals surface area contributed by atoms with Gasteiger partial charge in [0.1, 0.15) is 24.4 Å². The Bertz CT molecular complexity index is 657. The van der Waals surface area contributed by atoms with Crippen molar-refractivity contribution in [1.29, 1.82) is 0 Å². The highest BCUT2D eigenvalue weighted by Gasteiger charge is 2.27. The minimum absolute atomic E-state index is 0.0281. The fourth-order valence-corrected chi connectivity index (χ4v) is 2.36. The van der Waals surface area contributed by atoms with E-state index in [1.807, 2.05) is 30.3 Å². The molecular formula is C15H17N3O3. The van der Waals surface area contributed by atoms with Crippen LogP contribution in [0.5, 0.6) is 5.75 Å². The quantitative estimate of drug-likeness (QED) is 0.923. The minimum Gasteiger partial charge on any atom is -0.491 e. The molecule has 1 fully saturated rings. The van der Waals surface area contributed by atoms with Gasteiger partial charge in [-0.15, -0.1) is 0 Å². The van der Waals surface area contributed by atoms with Crippen molar-refractivity contribution in [3.63, 3.8) is 0 Å². The molecule has 2 N–H and O–H groups in total. The largest absolute Gasteiger partial charge is 0.491 e. The maximum Gasteiger partial charge on any atom is 0.351 e. The van der Waals surface area contributed by atoms with Crippen LogP contribution in [0.25, 0.3) is 0 Å². The molecule has 1 aliphatic rings. The molecule has 6 nitrogen and oxygen atoms in total. The summed E-state index contributed by atoms with van der Waals surface area (Å²) in [6, 6.07) is 11.2. The van der Waals surface area contributed by atoms with E-state index >= 15 is 0 Å². The number of nitrogens with two attached hydrogens (primary N) is 1. The molecule has 2 heterocycles. The van der Waals surface area contributed by atoms with Crippen LogP contribution in [0.2, 0.25) is 0 Å². The summed E-state index contributed by atoms with van der Waals surface area (Å²) in [5, 5.41) is 0. The van der Waals surface area contributed by atoms with E-state index in [4.69, 9.17) is 15.2 Å². The zero-order chi connectivity index (χ0) is 14.7. The molecule has 1 saturated heterocycles. The van der Waals surface area contributed by atoms with Gasteiger partial charge in [-0.2, -0.15) is 4.98 Å². The van der Waals surface area contributed by atoms with Crippen LogP contribution in [-0.4, -0.2) is 22.3 Å². The summed E-state index contributed by atoms with van der Waals surface area (Å²) in [5.74, 6) is 1.04. The maximum absolute atomic E-state index is 11.8. The molecule has 0 radical (unpaired) electrons. The second-order valence-electron chi connectivity index (χ2n) is 4.96. The van der Waals surface area contributed by atoms with Gasteiger partial charge in [0.05, 0.1) is 6.10 Å². The van der Waals surface area contributed by atoms with Gasteiger partial charge in [-0.25, -0.2) is 4.79 Å². The molecule has 6 heteroatoms. The number of benzene rings is 1. The Hall–Kier alpha value is -2.34. The van der Waals surface area contributed by atoms with Gasteiger partial charge in [-0.05, 0) is 31.0 Å². The molecule has 2 atom stereocenters. The Morgan fingerprint density at radius 1 is 1.29 bits per heavy atom. The first-order valence-electron chi connectivity index (χ1n) is 6.90. The van der Waals surface area contributed by atoms with Crippen molar-refractivity contribution in [3.8, 4) is 5.75 Å². The summed E-state index contributed by atoms with van der Waals surface area (Å²) < 4.78 is 13.0. The number of para-hydroxylation sites is 1. The molecule has 3 rings (SSSR count). The number of anilines is 1. The van der Waals surface area contributed by atoms with Crippen LogP contribution in [0.1, 0.15) is 19.1 Å². The molecule has 110 valence electrons. The first-order chi connectivity index (χ1) is 10.2. The van der Waals surface area contributed by atoms with Gasteiger partial charge in [0, 0.05) is 6.20 Å². The third-order valence-corrected chi connectivity index (χ3v) is 3.43. The summed E-state index contributed by atoms with van der Waals surface area (Å²) >= 11 is 0. The lowest BCUT2D eigenvalue weighted by atomic mass is 10.2. The van der Waals surface area contributed by atoms with Crippen LogP contribution >= 0.6 is 0 Å². The zero-order valence-electron chi connectivity index (χ0n) is 11.5. The van der Waals surface area contributed by atoms with E-state index in [9.17, 15) is 4.79 Å². The highest BCUT2D eigenvalue weighted by molar-refractivity contribution is 5.23. The number of nitrogens with zero attached hydrogens (tertiary/aromatic N) is 2. The monoisotopic (exact) mass is 287 g/mol. The van der Waals surface area contributed by atoms with Crippen molar-refractivity contribution in [2.24, 2.45) is 0 Å². The van der Waals surface area contributed by atoms with Gasteiger partial charge in [0.2, 0.25) is 0 Å². The lowest BCUT2D eigenvalue weighted by Gasteiger charge is -2.16.